The Balaban J connectivity index is 2.22. The van der Waals surface area contributed by atoms with E-state index in [9.17, 15) is 0 Å². The molecule has 0 atom stereocenters. The van der Waals surface area contributed by atoms with Crippen LogP contribution in [-0.4, -0.2) is 18.3 Å². The molecule has 0 fully saturated rings. The normalized spacial score (nSPS) is 11.1. The zero-order valence-electron chi connectivity index (χ0n) is 10.8. The van der Waals surface area contributed by atoms with Gasteiger partial charge >= 0.3 is 0 Å². The van der Waals surface area contributed by atoms with Crippen LogP contribution in [0.1, 0.15) is 17.0 Å². The minimum Gasteiger partial charge on any atom is -0.499 e. The summed E-state index contributed by atoms with van der Waals surface area (Å²) in [5.41, 5.74) is 2.44. The molecule has 19 heavy (non-hydrogen) atoms. The SMILES string of the molecule is OCCOC=CC(c1ccccc1)c1ccccc1. The fourth-order valence-corrected chi connectivity index (χ4v) is 1.99. The molecule has 0 bridgehead atoms. The van der Waals surface area contributed by atoms with Gasteiger partial charge in [0.1, 0.15) is 6.61 Å². The van der Waals surface area contributed by atoms with Crippen molar-refractivity contribution >= 4 is 0 Å². The van der Waals surface area contributed by atoms with Gasteiger partial charge in [0, 0.05) is 5.92 Å². The largest absolute Gasteiger partial charge is 0.499 e. The van der Waals surface area contributed by atoms with E-state index in [1.54, 1.807) is 6.26 Å². The number of rotatable bonds is 6. The maximum atomic E-state index is 8.71. The molecule has 0 aliphatic rings. The van der Waals surface area contributed by atoms with Crippen molar-refractivity contribution in [3.63, 3.8) is 0 Å². The minimum absolute atomic E-state index is 0.0334. The van der Waals surface area contributed by atoms with E-state index in [1.807, 2.05) is 42.5 Å². The first-order chi connectivity index (χ1) is 9.42. The lowest BCUT2D eigenvalue weighted by Gasteiger charge is -2.13. The first kappa shape index (κ1) is 13.4. The average molecular weight is 254 g/mol. The maximum Gasteiger partial charge on any atom is 0.110 e. The molecule has 2 nitrogen and oxygen atoms in total. The molecule has 0 saturated heterocycles. The van der Waals surface area contributed by atoms with Crippen LogP contribution in [0.4, 0.5) is 0 Å². The summed E-state index contributed by atoms with van der Waals surface area (Å²) in [6, 6.07) is 20.6. The molecular formula is C17H18O2. The zero-order valence-corrected chi connectivity index (χ0v) is 10.8. The fraction of sp³-hybridized carbons (Fsp3) is 0.176. The molecule has 2 heteroatoms. The lowest BCUT2D eigenvalue weighted by molar-refractivity contribution is 0.165. The minimum atomic E-state index is 0.0334. The summed E-state index contributed by atoms with van der Waals surface area (Å²) in [5.74, 6) is 0.168. The predicted octanol–water partition coefficient (Wildman–Crippen LogP) is 3.34. The van der Waals surface area contributed by atoms with E-state index >= 15 is 0 Å². The molecule has 0 saturated carbocycles. The molecule has 2 aromatic rings. The van der Waals surface area contributed by atoms with Crippen LogP contribution < -0.4 is 0 Å². The van der Waals surface area contributed by atoms with Gasteiger partial charge in [0.25, 0.3) is 0 Å². The number of hydrogen-bond donors (Lipinski definition) is 1. The van der Waals surface area contributed by atoms with Gasteiger partial charge in [-0.25, -0.2) is 0 Å². The average Bonchev–Trinajstić information content (AvgIpc) is 2.49. The highest BCUT2D eigenvalue weighted by Gasteiger charge is 2.09. The van der Waals surface area contributed by atoms with E-state index in [0.29, 0.717) is 6.61 Å². The molecule has 0 unspecified atom stereocenters. The highest BCUT2D eigenvalue weighted by Crippen LogP contribution is 2.25. The van der Waals surface area contributed by atoms with Gasteiger partial charge in [0.2, 0.25) is 0 Å². The van der Waals surface area contributed by atoms with Crippen LogP contribution in [0.2, 0.25) is 0 Å². The van der Waals surface area contributed by atoms with Crippen molar-refractivity contribution in [1.82, 2.24) is 0 Å². The number of aliphatic hydroxyl groups excluding tert-OH is 1. The van der Waals surface area contributed by atoms with E-state index in [0.717, 1.165) is 0 Å². The second-order valence-corrected chi connectivity index (χ2v) is 4.22. The highest BCUT2D eigenvalue weighted by atomic mass is 16.5. The third kappa shape index (κ3) is 3.97. The Hall–Kier alpha value is -2.06. The van der Waals surface area contributed by atoms with Crippen molar-refractivity contribution in [2.75, 3.05) is 13.2 Å². The van der Waals surface area contributed by atoms with Crippen molar-refractivity contribution in [3.05, 3.63) is 84.1 Å². The van der Waals surface area contributed by atoms with Crippen LogP contribution in [0, 0.1) is 0 Å². The second kappa shape index (κ2) is 7.39. The highest BCUT2D eigenvalue weighted by molar-refractivity contribution is 5.36. The van der Waals surface area contributed by atoms with Gasteiger partial charge in [0.05, 0.1) is 12.9 Å². The Labute approximate surface area is 114 Å². The van der Waals surface area contributed by atoms with Crippen LogP contribution in [0.15, 0.2) is 73.0 Å². The van der Waals surface area contributed by atoms with Crippen molar-refractivity contribution in [1.29, 1.82) is 0 Å². The quantitative estimate of drug-likeness (QED) is 0.633. The number of ether oxygens (including phenoxy) is 1. The predicted molar refractivity (Wildman–Crippen MR) is 76.9 cm³/mol. The van der Waals surface area contributed by atoms with E-state index in [4.69, 9.17) is 9.84 Å². The summed E-state index contributed by atoms with van der Waals surface area (Å²) in [6.07, 6.45) is 3.68. The summed E-state index contributed by atoms with van der Waals surface area (Å²) in [6.45, 7) is 0.360. The Morgan fingerprint density at radius 1 is 0.895 bits per heavy atom. The fourth-order valence-electron chi connectivity index (χ4n) is 1.99. The van der Waals surface area contributed by atoms with Crippen molar-refractivity contribution in [2.24, 2.45) is 0 Å². The lowest BCUT2D eigenvalue weighted by Crippen LogP contribution is -1.98. The summed E-state index contributed by atoms with van der Waals surface area (Å²) in [4.78, 5) is 0. The smallest absolute Gasteiger partial charge is 0.110 e. The third-order valence-corrected chi connectivity index (χ3v) is 2.89. The van der Waals surface area contributed by atoms with Crippen LogP contribution in [-0.2, 0) is 4.74 Å². The van der Waals surface area contributed by atoms with Gasteiger partial charge in [-0.3, -0.25) is 0 Å². The van der Waals surface area contributed by atoms with Gasteiger partial charge in [-0.2, -0.15) is 0 Å². The van der Waals surface area contributed by atoms with Crippen molar-refractivity contribution in [3.8, 4) is 0 Å². The first-order valence-electron chi connectivity index (χ1n) is 6.41. The monoisotopic (exact) mass is 254 g/mol. The molecule has 0 amide bonds. The van der Waals surface area contributed by atoms with Crippen LogP contribution in [0.5, 0.6) is 0 Å². The third-order valence-electron chi connectivity index (χ3n) is 2.89. The number of benzene rings is 2. The van der Waals surface area contributed by atoms with E-state index in [1.165, 1.54) is 11.1 Å². The number of aliphatic hydroxyl groups is 1. The van der Waals surface area contributed by atoms with E-state index in [2.05, 4.69) is 24.3 Å². The van der Waals surface area contributed by atoms with E-state index in [-0.39, 0.29) is 12.5 Å². The molecule has 0 aromatic heterocycles. The standard InChI is InChI=1S/C17H18O2/c18-12-14-19-13-11-17(15-7-3-1-4-8-15)16-9-5-2-6-10-16/h1-11,13,17-18H,12,14H2. The van der Waals surface area contributed by atoms with Crippen molar-refractivity contribution < 1.29 is 9.84 Å². The van der Waals surface area contributed by atoms with Crippen molar-refractivity contribution in [2.45, 2.75) is 5.92 Å². The van der Waals surface area contributed by atoms with Crippen LogP contribution in [0.25, 0.3) is 0 Å². The van der Waals surface area contributed by atoms with Gasteiger partial charge in [-0.15, -0.1) is 0 Å². The summed E-state index contributed by atoms with van der Waals surface area (Å²) in [5, 5.41) is 8.71. The molecule has 0 heterocycles. The summed E-state index contributed by atoms with van der Waals surface area (Å²) in [7, 11) is 0. The molecular weight excluding hydrogens is 236 g/mol. The molecule has 2 rings (SSSR count). The van der Waals surface area contributed by atoms with Gasteiger partial charge in [-0.05, 0) is 17.2 Å². The lowest BCUT2D eigenvalue weighted by atomic mass is 9.91. The zero-order chi connectivity index (χ0) is 13.3. The molecule has 0 aliphatic carbocycles. The molecule has 98 valence electrons. The molecule has 0 radical (unpaired) electrons. The van der Waals surface area contributed by atoms with Crippen LogP contribution in [0.3, 0.4) is 0 Å². The Kier molecular flexibility index (Phi) is 5.20. The Morgan fingerprint density at radius 3 is 1.89 bits per heavy atom. The number of allylic oxidation sites excluding steroid dienone is 1. The van der Waals surface area contributed by atoms with Gasteiger partial charge in [-0.1, -0.05) is 60.7 Å². The summed E-state index contributed by atoms with van der Waals surface area (Å²) >= 11 is 0. The topological polar surface area (TPSA) is 29.5 Å². The van der Waals surface area contributed by atoms with Crippen LogP contribution >= 0.6 is 0 Å². The van der Waals surface area contributed by atoms with E-state index < -0.39 is 0 Å². The molecule has 0 spiro atoms. The molecule has 0 aliphatic heterocycles. The molecule has 2 aromatic carbocycles. The van der Waals surface area contributed by atoms with Gasteiger partial charge < -0.3 is 9.84 Å². The maximum absolute atomic E-state index is 8.71. The van der Waals surface area contributed by atoms with Gasteiger partial charge in [0.15, 0.2) is 0 Å². The first-order valence-corrected chi connectivity index (χ1v) is 6.41. The summed E-state index contributed by atoms with van der Waals surface area (Å²) < 4.78 is 5.23. The second-order valence-electron chi connectivity index (χ2n) is 4.22. The Morgan fingerprint density at radius 2 is 1.42 bits per heavy atom. The number of hydrogen-bond acceptors (Lipinski definition) is 2. The Bertz CT molecular complexity index is 452. The molecule has 1 N–H and O–H groups in total.